The van der Waals surface area contributed by atoms with Crippen molar-refractivity contribution in [2.45, 2.75) is 50.8 Å². The van der Waals surface area contributed by atoms with E-state index < -0.39 is 0 Å². The third kappa shape index (κ3) is 3.87. The van der Waals surface area contributed by atoms with Crippen LogP contribution in [0.5, 0.6) is 0 Å². The Morgan fingerprint density at radius 3 is 2.64 bits per heavy atom. The fourth-order valence-corrected chi connectivity index (χ4v) is 1.94. The zero-order valence-corrected chi connectivity index (χ0v) is 9.65. The maximum absolute atomic E-state index is 11.6. The first-order valence-electron chi connectivity index (χ1n) is 5.65. The molecule has 2 nitrogen and oxygen atoms in total. The van der Waals surface area contributed by atoms with Crippen LogP contribution >= 0.6 is 11.6 Å². The minimum absolute atomic E-state index is 0.0857. The van der Waals surface area contributed by atoms with Gasteiger partial charge < -0.3 is 5.32 Å². The Bertz CT molecular complexity index is 178. The number of carbonyl (C=O) groups is 1. The van der Waals surface area contributed by atoms with Crippen molar-refractivity contribution >= 4 is 17.5 Å². The van der Waals surface area contributed by atoms with Crippen molar-refractivity contribution in [3.05, 3.63) is 0 Å². The van der Waals surface area contributed by atoms with Gasteiger partial charge in [-0.2, -0.15) is 0 Å². The molecule has 0 bridgehead atoms. The molecule has 3 heteroatoms. The van der Waals surface area contributed by atoms with Crippen molar-refractivity contribution in [3.63, 3.8) is 0 Å². The molecule has 14 heavy (non-hydrogen) atoms. The molecule has 1 aliphatic carbocycles. The number of nitrogens with one attached hydrogen (secondary N) is 1. The third-order valence-corrected chi connectivity index (χ3v) is 3.38. The second kappa shape index (κ2) is 6.28. The molecule has 0 radical (unpaired) electrons. The molecule has 0 aromatic heterocycles. The van der Waals surface area contributed by atoms with Crippen LogP contribution in [0, 0.1) is 5.92 Å². The van der Waals surface area contributed by atoms with Crippen molar-refractivity contribution in [1.29, 1.82) is 0 Å². The molecule has 0 aliphatic heterocycles. The van der Waals surface area contributed by atoms with Crippen LogP contribution in [-0.2, 0) is 4.79 Å². The van der Waals surface area contributed by atoms with Gasteiger partial charge in [0.05, 0.1) is 5.38 Å². The molecular weight excluding hydrogens is 198 g/mol. The summed E-state index contributed by atoms with van der Waals surface area (Å²) in [7, 11) is 0. The molecule has 1 N–H and O–H groups in total. The zero-order valence-electron chi connectivity index (χ0n) is 8.89. The number of alkyl halides is 1. The number of halogens is 1. The van der Waals surface area contributed by atoms with Gasteiger partial charge in [0.25, 0.3) is 0 Å². The molecule has 0 heterocycles. The molecule has 82 valence electrons. The second-order valence-electron chi connectivity index (χ2n) is 4.09. The predicted molar refractivity (Wildman–Crippen MR) is 59.5 cm³/mol. The van der Waals surface area contributed by atoms with E-state index in [1.165, 1.54) is 19.3 Å². The van der Waals surface area contributed by atoms with E-state index in [0.29, 0.717) is 6.54 Å². The van der Waals surface area contributed by atoms with Gasteiger partial charge in [-0.1, -0.05) is 26.2 Å². The molecular formula is C11H20ClNO. The van der Waals surface area contributed by atoms with Crippen LogP contribution < -0.4 is 5.32 Å². The normalized spacial score (nSPS) is 20.4. The van der Waals surface area contributed by atoms with E-state index >= 15 is 0 Å². The van der Waals surface area contributed by atoms with Crippen molar-refractivity contribution in [2.24, 2.45) is 5.92 Å². The molecule has 0 aromatic rings. The molecule has 1 unspecified atom stereocenters. The van der Waals surface area contributed by atoms with E-state index in [1.807, 2.05) is 6.92 Å². The van der Waals surface area contributed by atoms with Crippen molar-refractivity contribution in [2.75, 3.05) is 6.54 Å². The summed E-state index contributed by atoms with van der Waals surface area (Å²) >= 11 is 5.93. The van der Waals surface area contributed by atoms with E-state index in [4.69, 9.17) is 11.6 Å². The summed E-state index contributed by atoms with van der Waals surface area (Å²) in [6.45, 7) is 2.65. The van der Waals surface area contributed by atoms with Crippen LogP contribution in [0.4, 0.5) is 0 Å². The maximum atomic E-state index is 11.6. The summed E-state index contributed by atoms with van der Waals surface area (Å²) < 4.78 is 0. The van der Waals surface area contributed by atoms with E-state index in [2.05, 4.69) is 5.32 Å². The minimum atomic E-state index is 0.0857. The summed E-state index contributed by atoms with van der Waals surface area (Å²) in [5.74, 6) is 0.466. The summed E-state index contributed by atoms with van der Waals surface area (Å²) in [4.78, 5) is 11.6. The van der Waals surface area contributed by atoms with Crippen LogP contribution in [0.25, 0.3) is 0 Å². The highest BCUT2D eigenvalue weighted by atomic mass is 35.5. The lowest BCUT2D eigenvalue weighted by atomic mass is 9.89. The Balaban J connectivity index is 2.19. The average Bonchev–Trinajstić information content (AvgIpc) is 2.26. The highest BCUT2D eigenvalue weighted by molar-refractivity contribution is 6.20. The number of carbonyl (C=O) groups excluding carboxylic acids is 1. The van der Waals surface area contributed by atoms with Crippen LogP contribution in [0.1, 0.15) is 45.4 Å². The smallest absolute Gasteiger partial charge is 0.223 e. The van der Waals surface area contributed by atoms with Crippen molar-refractivity contribution in [1.82, 2.24) is 5.32 Å². The first-order valence-corrected chi connectivity index (χ1v) is 6.09. The SMILES string of the molecule is CCC(Cl)CNC(=O)C1CCCCC1. The lowest BCUT2D eigenvalue weighted by Crippen LogP contribution is -2.35. The van der Waals surface area contributed by atoms with Gasteiger partial charge in [0.15, 0.2) is 0 Å². The Labute approximate surface area is 91.4 Å². The highest BCUT2D eigenvalue weighted by Gasteiger charge is 2.20. The molecule has 1 rings (SSSR count). The molecule has 1 saturated carbocycles. The minimum Gasteiger partial charge on any atom is -0.354 e. The van der Waals surface area contributed by atoms with Gasteiger partial charge in [-0.25, -0.2) is 0 Å². The van der Waals surface area contributed by atoms with Crippen LogP contribution in [0.15, 0.2) is 0 Å². The maximum Gasteiger partial charge on any atom is 0.223 e. The van der Waals surface area contributed by atoms with Crippen LogP contribution in [-0.4, -0.2) is 17.8 Å². The fourth-order valence-electron chi connectivity index (χ4n) is 1.86. The van der Waals surface area contributed by atoms with Gasteiger partial charge in [0, 0.05) is 12.5 Å². The van der Waals surface area contributed by atoms with E-state index in [1.54, 1.807) is 0 Å². The zero-order chi connectivity index (χ0) is 10.4. The monoisotopic (exact) mass is 217 g/mol. The van der Waals surface area contributed by atoms with Crippen molar-refractivity contribution < 1.29 is 4.79 Å². The molecule has 1 aliphatic rings. The molecule has 1 atom stereocenters. The Morgan fingerprint density at radius 2 is 2.07 bits per heavy atom. The molecule has 0 aromatic carbocycles. The highest BCUT2D eigenvalue weighted by Crippen LogP contribution is 2.23. The van der Waals surface area contributed by atoms with Gasteiger partial charge in [-0.3, -0.25) is 4.79 Å². The average molecular weight is 218 g/mol. The molecule has 1 amide bonds. The molecule has 0 spiro atoms. The summed E-state index contributed by atoms with van der Waals surface area (Å²) in [6, 6.07) is 0. The Morgan fingerprint density at radius 1 is 1.43 bits per heavy atom. The van der Waals surface area contributed by atoms with Crippen molar-refractivity contribution in [3.8, 4) is 0 Å². The Hall–Kier alpha value is -0.240. The van der Waals surface area contributed by atoms with Gasteiger partial charge in [0.1, 0.15) is 0 Å². The van der Waals surface area contributed by atoms with E-state index in [0.717, 1.165) is 19.3 Å². The quantitative estimate of drug-likeness (QED) is 0.721. The number of hydrogen-bond donors (Lipinski definition) is 1. The van der Waals surface area contributed by atoms with Crippen LogP contribution in [0.2, 0.25) is 0 Å². The fraction of sp³-hybridized carbons (Fsp3) is 0.909. The summed E-state index contributed by atoms with van der Waals surface area (Å²) in [5, 5.41) is 3.02. The van der Waals surface area contributed by atoms with Gasteiger partial charge in [-0.05, 0) is 19.3 Å². The van der Waals surface area contributed by atoms with Gasteiger partial charge >= 0.3 is 0 Å². The third-order valence-electron chi connectivity index (χ3n) is 2.92. The number of amides is 1. The standard InChI is InChI=1S/C11H20ClNO/c1-2-10(12)8-13-11(14)9-6-4-3-5-7-9/h9-10H,2-8H2,1H3,(H,13,14). The molecule has 0 saturated heterocycles. The topological polar surface area (TPSA) is 29.1 Å². The number of hydrogen-bond acceptors (Lipinski definition) is 1. The summed E-state index contributed by atoms with van der Waals surface area (Å²) in [6.07, 6.45) is 6.73. The summed E-state index contributed by atoms with van der Waals surface area (Å²) in [5.41, 5.74) is 0. The van der Waals surface area contributed by atoms with Gasteiger partial charge in [0.2, 0.25) is 5.91 Å². The lowest BCUT2D eigenvalue weighted by Gasteiger charge is -2.21. The van der Waals surface area contributed by atoms with E-state index in [-0.39, 0.29) is 17.2 Å². The Kier molecular flexibility index (Phi) is 5.31. The lowest BCUT2D eigenvalue weighted by molar-refractivity contribution is -0.125. The van der Waals surface area contributed by atoms with Crippen LogP contribution in [0.3, 0.4) is 0 Å². The first-order chi connectivity index (χ1) is 6.74. The predicted octanol–water partition coefficient (Wildman–Crippen LogP) is 2.70. The second-order valence-corrected chi connectivity index (χ2v) is 4.70. The first kappa shape index (κ1) is 11.8. The largest absolute Gasteiger partial charge is 0.354 e. The van der Waals surface area contributed by atoms with Gasteiger partial charge in [-0.15, -0.1) is 11.6 Å². The van der Waals surface area contributed by atoms with E-state index in [9.17, 15) is 4.79 Å². The number of rotatable bonds is 4. The molecule has 1 fully saturated rings.